The van der Waals surface area contributed by atoms with Gasteiger partial charge in [-0.1, -0.05) is 0 Å². The van der Waals surface area contributed by atoms with Crippen LogP contribution in [-0.4, -0.2) is 66.2 Å². The van der Waals surface area contributed by atoms with Gasteiger partial charge in [-0.15, -0.1) is 0 Å². The Kier molecular flexibility index (Phi) is 7.39. The summed E-state index contributed by atoms with van der Waals surface area (Å²) in [6, 6.07) is 14.6. The number of hydrogen-bond donors (Lipinski definition) is 2. The molecule has 0 aliphatic carbocycles. The quantitative estimate of drug-likeness (QED) is 0.302. The number of halogens is 1. The fourth-order valence-electron chi connectivity index (χ4n) is 5.15. The van der Waals surface area contributed by atoms with E-state index in [1.807, 2.05) is 17.0 Å². The molecule has 10 nitrogen and oxygen atoms in total. The molecule has 2 N–H and O–H groups in total. The van der Waals surface area contributed by atoms with Gasteiger partial charge < -0.3 is 29.9 Å². The second kappa shape index (κ2) is 11.4. The Bertz CT molecular complexity index is 1600. The maximum atomic E-state index is 15.3. The lowest BCUT2D eigenvalue weighted by molar-refractivity contribution is 0.263. The minimum absolute atomic E-state index is 0.0200. The molecule has 11 heteroatoms. The van der Waals surface area contributed by atoms with E-state index in [4.69, 9.17) is 14.7 Å². The molecule has 2 saturated heterocycles. The Labute approximate surface area is 237 Å². The minimum Gasteiger partial charge on any atom is -0.495 e. The standard InChI is InChI=1S/C30H31FN8O2/c1-38-9-6-20(7-10-38)36-27-13-23-26(14-28(27)40-2)34-18-35-30(23)37-25-4-3-21(11-24(25)31)41-22-5-8-33-29(12-22)39-16-19(15-32)17-39/h3-5,8,11-14,18-20,36H,6-7,9-10,16-17H2,1-2H3,(H,34,35,37). The van der Waals surface area contributed by atoms with Crippen molar-refractivity contribution in [1.82, 2.24) is 19.9 Å². The molecule has 4 aromatic rings. The molecule has 2 aliphatic heterocycles. The van der Waals surface area contributed by atoms with Gasteiger partial charge in [-0.05, 0) is 57.2 Å². The first kappa shape index (κ1) is 26.5. The van der Waals surface area contributed by atoms with Gasteiger partial charge in [0.2, 0.25) is 0 Å². The van der Waals surface area contributed by atoms with E-state index < -0.39 is 5.82 Å². The number of rotatable bonds is 8. The molecule has 0 atom stereocenters. The number of methoxy groups -OCH3 is 1. The highest BCUT2D eigenvalue weighted by Gasteiger charge is 2.27. The smallest absolute Gasteiger partial charge is 0.150 e. The molecule has 6 rings (SSSR count). The average molecular weight is 555 g/mol. The van der Waals surface area contributed by atoms with E-state index in [-0.39, 0.29) is 11.6 Å². The van der Waals surface area contributed by atoms with E-state index in [0.29, 0.717) is 47.7 Å². The van der Waals surface area contributed by atoms with Crippen molar-refractivity contribution in [1.29, 1.82) is 5.26 Å². The first-order chi connectivity index (χ1) is 20.0. The van der Waals surface area contributed by atoms with Crippen molar-refractivity contribution in [3.8, 4) is 23.3 Å². The predicted molar refractivity (Wildman–Crippen MR) is 156 cm³/mol. The molecule has 0 bridgehead atoms. The largest absolute Gasteiger partial charge is 0.495 e. The van der Waals surface area contributed by atoms with Gasteiger partial charge in [-0.3, -0.25) is 0 Å². The number of benzene rings is 2. The SMILES string of the molecule is COc1cc2ncnc(Nc3ccc(Oc4ccnc(N5CC(C#N)C5)c4)cc3F)c2cc1NC1CCN(C)CC1. The minimum atomic E-state index is -0.485. The van der Waals surface area contributed by atoms with Crippen LogP contribution in [0.4, 0.5) is 27.4 Å². The molecule has 0 unspecified atom stereocenters. The Balaban J connectivity index is 1.20. The summed E-state index contributed by atoms with van der Waals surface area (Å²) >= 11 is 0. The number of aromatic nitrogens is 3. The first-order valence-corrected chi connectivity index (χ1v) is 13.6. The third-order valence-electron chi connectivity index (χ3n) is 7.57. The number of ether oxygens (including phenoxy) is 2. The van der Waals surface area contributed by atoms with E-state index in [2.05, 4.69) is 43.6 Å². The van der Waals surface area contributed by atoms with Crippen LogP contribution in [-0.2, 0) is 0 Å². The molecule has 210 valence electrons. The second-order valence-electron chi connectivity index (χ2n) is 10.5. The number of hydrogen-bond acceptors (Lipinski definition) is 10. The summed E-state index contributed by atoms with van der Waals surface area (Å²) < 4.78 is 26.8. The van der Waals surface area contributed by atoms with Crippen LogP contribution in [0.2, 0.25) is 0 Å². The van der Waals surface area contributed by atoms with Gasteiger partial charge >= 0.3 is 0 Å². The van der Waals surface area contributed by atoms with Crippen LogP contribution in [0.3, 0.4) is 0 Å². The number of piperidine rings is 1. The fourth-order valence-corrected chi connectivity index (χ4v) is 5.15. The molecule has 41 heavy (non-hydrogen) atoms. The van der Waals surface area contributed by atoms with Gasteiger partial charge in [0.15, 0.2) is 0 Å². The van der Waals surface area contributed by atoms with Crippen molar-refractivity contribution in [2.24, 2.45) is 5.92 Å². The molecule has 2 aromatic carbocycles. The summed E-state index contributed by atoms with van der Waals surface area (Å²) in [5, 5.41) is 16.5. The van der Waals surface area contributed by atoms with Crippen LogP contribution in [0, 0.1) is 23.1 Å². The second-order valence-corrected chi connectivity index (χ2v) is 10.5. The van der Waals surface area contributed by atoms with Crippen molar-refractivity contribution in [3.05, 3.63) is 60.8 Å². The number of nitrogens with zero attached hydrogens (tertiary/aromatic N) is 6. The topological polar surface area (TPSA) is 111 Å². The lowest BCUT2D eigenvalue weighted by atomic mass is 10.0. The van der Waals surface area contributed by atoms with Gasteiger partial charge in [0.25, 0.3) is 0 Å². The maximum Gasteiger partial charge on any atom is 0.150 e. The van der Waals surface area contributed by atoms with Crippen molar-refractivity contribution in [3.63, 3.8) is 0 Å². The lowest BCUT2D eigenvalue weighted by Gasteiger charge is -2.36. The summed E-state index contributed by atoms with van der Waals surface area (Å²) in [5.74, 6) is 2.34. The Morgan fingerprint density at radius 1 is 1.00 bits per heavy atom. The summed E-state index contributed by atoms with van der Waals surface area (Å²) in [7, 11) is 3.78. The highest BCUT2D eigenvalue weighted by molar-refractivity contribution is 5.95. The zero-order valence-electron chi connectivity index (χ0n) is 23.0. The fraction of sp³-hybridized carbons (Fsp3) is 0.333. The summed E-state index contributed by atoms with van der Waals surface area (Å²) in [4.78, 5) is 17.5. The molecule has 0 amide bonds. The van der Waals surface area contributed by atoms with Crippen LogP contribution in [0.1, 0.15) is 12.8 Å². The summed E-state index contributed by atoms with van der Waals surface area (Å²) in [6.45, 7) is 3.35. The zero-order valence-corrected chi connectivity index (χ0v) is 23.0. The van der Waals surface area contributed by atoms with Crippen molar-refractivity contribution < 1.29 is 13.9 Å². The van der Waals surface area contributed by atoms with E-state index in [1.54, 1.807) is 37.6 Å². The number of pyridine rings is 1. The van der Waals surface area contributed by atoms with E-state index in [9.17, 15) is 0 Å². The van der Waals surface area contributed by atoms with Crippen LogP contribution >= 0.6 is 0 Å². The van der Waals surface area contributed by atoms with Gasteiger partial charge in [0, 0.05) is 48.9 Å². The first-order valence-electron chi connectivity index (χ1n) is 13.6. The van der Waals surface area contributed by atoms with Gasteiger partial charge in [0.05, 0.1) is 36.0 Å². The molecule has 2 aromatic heterocycles. The molecule has 0 saturated carbocycles. The van der Waals surface area contributed by atoms with E-state index in [0.717, 1.165) is 42.8 Å². The molecule has 2 aliphatic rings. The zero-order chi connectivity index (χ0) is 28.3. The molecular formula is C30H31FN8O2. The third-order valence-corrected chi connectivity index (χ3v) is 7.57. The van der Waals surface area contributed by atoms with Crippen LogP contribution in [0.25, 0.3) is 10.9 Å². The van der Waals surface area contributed by atoms with Crippen LogP contribution < -0.4 is 25.0 Å². The normalized spacial score (nSPS) is 16.2. The molecule has 0 spiro atoms. The number of likely N-dealkylation sites (tertiary alicyclic amines) is 1. The molecule has 4 heterocycles. The number of nitrogens with one attached hydrogen (secondary N) is 2. The highest BCUT2D eigenvalue weighted by atomic mass is 19.1. The monoisotopic (exact) mass is 554 g/mol. The van der Waals surface area contributed by atoms with Crippen molar-refractivity contribution in [2.45, 2.75) is 18.9 Å². The van der Waals surface area contributed by atoms with Gasteiger partial charge in [-0.2, -0.15) is 5.26 Å². The molecule has 0 radical (unpaired) electrons. The van der Waals surface area contributed by atoms with Gasteiger partial charge in [0.1, 0.15) is 41.0 Å². The Morgan fingerprint density at radius 3 is 2.56 bits per heavy atom. The van der Waals surface area contributed by atoms with Crippen LogP contribution in [0.5, 0.6) is 17.2 Å². The number of fused-ring (bicyclic) bond motifs is 1. The van der Waals surface area contributed by atoms with E-state index in [1.165, 1.54) is 12.4 Å². The summed E-state index contributed by atoms with van der Waals surface area (Å²) in [6.07, 6.45) is 5.16. The Hall–Kier alpha value is -4.69. The average Bonchev–Trinajstić information content (AvgIpc) is 2.95. The number of nitriles is 1. The van der Waals surface area contributed by atoms with Crippen LogP contribution in [0.15, 0.2) is 55.0 Å². The number of anilines is 4. The van der Waals surface area contributed by atoms with Crippen molar-refractivity contribution in [2.75, 3.05) is 55.9 Å². The Morgan fingerprint density at radius 2 is 1.80 bits per heavy atom. The third kappa shape index (κ3) is 5.78. The molecular weight excluding hydrogens is 523 g/mol. The van der Waals surface area contributed by atoms with E-state index >= 15 is 4.39 Å². The summed E-state index contributed by atoms with van der Waals surface area (Å²) in [5.41, 5.74) is 1.80. The van der Waals surface area contributed by atoms with Crippen molar-refractivity contribution >= 4 is 33.9 Å². The highest BCUT2D eigenvalue weighted by Crippen LogP contribution is 2.35. The van der Waals surface area contributed by atoms with Gasteiger partial charge in [-0.25, -0.2) is 19.3 Å². The predicted octanol–water partition coefficient (Wildman–Crippen LogP) is 5.17. The lowest BCUT2D eigenvalue weighted by Crippen LogP contribution is -2.46. The molecule has 2 fully saturated rings. The maximum absolute atomic E-state index is 15.3.